The van der Waals surface area contributed by atoms with Gasteiger partial charge >= 0.3 is 0 Å². The summed E-state index contributed by atoms with van der Waals surface area (Å²) in [6.45, 7) is 4.74. The minimum absolute atomic E-state index is 0.248. The lowest BCUT2D eigenvalue weighted by atomic mass is 10.0. The molecular formula is C12H17BrFNO. The van der Waals surface area contributed by atoms with Crippen LogP contribution in [0.1, 0.15) is 25.8 Å². The van der Waals surface area contributed by atoms with Gasteiger partial charge in [-0.15, -0.1) is 0 Å². The van der Waals surface area contributed by atoms with E-state index in [0.717, 1.165) is 10.0 Å². The topological polar surface area (TPSA) is 32.3 Å². The molecule has 0 aliphatic rings. The van der Waals surface area contributed by atoms with E-state index in [0.29, 0.717) is 19.5 Å². The third-order valence-electron chi connectivity index (χ3n) is 2.59. The van der Waals surface area contributed by atoms with E-state index in [1.54, 1.807) is 13.0 Å². The molecule has 16 heavy (non-hydrogen) atoms. The number of hydrogen-bond donors (Lipinski definition) is 2. The number of aliphatic hydroxyl groups is 1. The zero-order valence-corrected chi connectivity index (χ0v) is 11.1. The summed E-state index contributed by atoms with van der Waals surface area (Å²) in [4.78, 5) is 0. The number of nitrogens with one attached hydrogen (secondary N) is 1. The van der Waals surface area contributed by atoms with Crippen molar-refractivity contribution in [2.24, 2.45) is 0 Å². The predicted octanol–water partition coefficient (Wildman–Crippen LogP) is 2.84. The lowest BCUT2D eigenvalue weighted by Crippen LogP contribution is -2.36. The molecule has 0 aromatic heterocycles. The van der Waals surface area contributed by atoms with E-state index >= 15 is 0 Å². The van der Waals surface area contributed by atoms with Crippen LogP contribution >= 0.6 is 15.9 Å². The van der Waals surface area contributed by atoms with E-state index < -0.39 is 5.60 Å². The molecule has 0 saturated carbocycles. The first-order valence-corrected chi connectivity index (χ1v) is 6.11. The summed E-state index contributed by atoms with van der Waals surface area (Å²) < 4.78 is 13.8. The molecule has 1 rings (SSSR count). The molecule has 0 amide bonds. The van der Waals surface area contributed by atoms with E-state index in [2.05, 4.69) is 21.2 Å². The Morgan fingerprint density at radius 3 is 2.81 bits per heavy atom. The molecule has 1 aromatic carbocycles. The van der Waals surface area contributed by atoms with Crippen molar-refractivity contribution < 1.29 is 9.50 Å². The van der Waals surface area contributed by atoms with Crippen LogP contribution in [0.25, 0.3) is 0 Å². The summed E-state index contributed by atoms with van der Waals surface area (Å²) in [6, 6.07) is 4.58. The van der Waals surface area contributed by atoms with E-state index in [1.807, 2.05) is 6.92 Å². The Kier molecular flexibility index (Phi) is 4.89. The average Bonchev–Trinajstić information content (AvgIpc) is 2.23. The van der Waals surface area contributed by atoms with Gasteiger partial charge in [0.2, 0.25) is 0 Å². The molecule has 0 aliphatic heterocycles. The van der Waals surface area contributed by atoms with Crippen molar-refractivity contribution >= 4 is 15.9 Å². The fraction of sp³-hybridized carbons (Fsp3) is 0.500. The van der Waals surface area contributed by atoms with Crippen LogP contribution < -0.4 is 5.32 Å². The monoisotopic (exact) mass is 289 g/mol. The first-order valence-electron chi connectivity index (χ1n) is 5.31. The molecule has 0 heterocycles. The summed E-state index contributed by atoms with van der Waals surface area (Å²) in [5, 5.41) is 12.9. The largest absolute Gasteiger partial charge is 0.389 e. The number of halogens is 2. The molecule has 0 fully saturated rings. The summed E-state index contributed by atoms with van der Waals surface area (Å²) in [6.07, 6.45) is 0.685. The Morgan fingerprint density at radius 2 is 2.19 bits per heavy atom. The second kappa shape index (κ2) is 5.75. The van der Waals surface area contributed by atoms with Crippen molar-refractivity contribution in [3.8, 4) is 0 Å². The fourth-order valence-corrected chi connectivity index (χ4v) is 1.66. The Morgan fingerprint density at radius 1 is 1.50 bits per heavy atom. The molecule has 0 bridgehead atoms. The minimum Gasteiger partial charge on any atom is -0.389 e. The quantitative estimate of drug-likeness (QED) is 0.874. The van der Waals surface area contributed by atoms with Crippen LogP contribution in [-0.2, 0) is 6.54 Å². The highest BCUT2D eigenvalue weighted by Crippen LogP contribution is 2.17. The maximum Gasteiger partial charge on any atom is 0.123 e. The van der Waals surface area contributed by atoms with Gasteiger partial charge < -0.3 is 10.4 Å². The van der Waals surface area contributed by atoms with E-state index in [9.17, 15) is 9.50 Å². The van der Waals surface area contributed by atoms with Crippen LogP contribution in [0, 0.1) is 5.82 Å². The van der Waals surface area contributed by atoms with Gasteiger partial charge in [-0.05, 0) is 37.1 Å². The van der Waals surface area contributed by atoms with Crippen LogP contribution in [0.15, 0.2) is 22.7 Å². The highest BCUT2D eigenvalue weighted by molar-refractivity contribution is 9.10. The molecule has 2 nitrogen and oxygen atoms in total. The van der Waals surface area contributed by atoms with Crippen LogP contribution in [-0.4, -0.2) is 17.3 Å². The van der Waals surface area contributed by atoms with Gasteiger partial charge in [0.15, 0.2) is 0 Å². The lowest BCUT2D eigenvalue weighted by Gasteiger charge is -2.21. The fourth-order valence-electron chi connectivity index (χ4n) is 1.27. The summed E-state index contributed by atoms with van der Waals surface area (Å²) in [5.74, 6) is -0.248. The van der Waals surface area contributed by atoms with Crippen molar-refractivity contribution in [1.82, 2.24) is 5.32 Å². The number of benzene rings is 1. The average molecular weight is 290 g/mol. The summed E-state index contributed by atoms with van der Waals surface area (Å²) in [5.41, 5.74) is 0.145. The zero-order chi connectivity index (χ0) is 12.2. The third kappa shape index (κ3) is 4.20. The van der Waals surface area contributed by atoms with Crippen molar-refractivity contribution in [2.45, 2.75) is 32.4 Å². The first kappa shape index (κ1) is 13.6. The highest BCUT2D eigenvalue weighted by atomic mass is 79.9. The smallest absolute Gasteiger partial charge is 0.123 e. The molecular weight excluding hydrogens is 273 g/mol. The summed E-state index contributed by atoms with van der Waals surface area (Å²) in [7, 11) is 0. The second-order valence-corrected chi connectivity index (χ2v) is 5.04. The van der Waals surface area contributed by atoms with Gasteiger partial charge in [-0.2, -0.15) is 0 Å². The van der Waals surface area contributed by atoms with Crippen LogP contribution in [0.3, 0.4) is 0 Å². The van der Waals surface area contributed by atoms with Crippen LogP contribution in [0.2, 0.25) is 0 Å². The molecule has 0 aliphatic carbocycles. The van der Waals surface area contributed by atoms with Crippen molar-refractivity contribution in [1.29, 1.82) is 0 Å². The minimum atomic E-state index is -0.709. The highest BCUT2D eigenvalue weighted by Gasteiger charge is 2.16. The van der Waals surface area contributed by atoms with Crippen molar-refractivity contribution in [2.75, 3.05) is 6.54 Å². The molecule has 1 atom stereocenters. The first-order chi connectivity index (χ1) is 7.44. The number of hydrogen-bond acceptors (Lipinski definition) is 2. The molecule has 4 heteroatoms. The molecule has 1 unspecified atom stereocenters. The van der Waals surface area contributed by atoms with Gasteiger partial charge in [0.25, 0.3) is 0 Å². The standard InChI is InChI=1S/C12H17BrFNO/c1-3-12(2,16)8-15-7-9-6-10(14)4-5-11(9)13/h4-6,15-16H,3,7-8H2,1-2H3. The molecule has 0 radical (unpaired) electrons. The Hall–Kier alpha value is -0.450. The van der Waals surface area contributed by atoms with E-state index in [1.165, 1.54) is 12.1 Å². The van der Waals surface area contributed by atoms with Gasteiger partial charge in [0.05, 0.1) is 5.60 Å². The molecule has 0 spiro atoms. The second-order valence-electron chi connectivity index (χ2n) is 4.19. The molecule has 2 N–H and O–H groups in total. The van der Waals surface area contributed by atoms with Crippen molar-refractivity contribution in [3.63, 3.8) is 0 Å². The van der Waals surface area contributed by atoms with E-state index in [-0.39, 0.29) is 5.82 Å². The predicted molar refractivity (Wildman–Crippen MR) is 66.7 cm³/mol. The van der Waals surface area contributed by atoms with Gasteiger partial charge in [-0.3, -0.25) is 0 Å². The van der Waals surface area contributed by atoms with Gasteiger partial charge in [-0.1, -0.05) is 22.9 Å². The Labute approximate surface area is 104 Å². The maximum atomic E-state index is 13.0. The maximum absolute atomic E-state index is 13.0. The number of rotatable bonds is 5. The normalized spacial score (nSPS) is 14.8. The third-order valence-corrected chi connectivity index (χ3v) is 3.36. The van der Waals surface area contributed by atoms with Gasteiger partial charge in [0, 0.05) is 17.6 Å². The van der Waals surface area contributed by atoms with Crippen LogP contribution in [0.4, 0.5) is 4.39 Å². The van der Waals surface area contributed by atoms with Gasteiger partial charge in [0.1, 0.15) is 5.82 Å². The molecule has 0 saturated heterocycles. The zero-order valence-electron chi connectivity index (χ0n) is 9.56. The Bertz CT molecular complexity index is 355. The summed E-state index contributed by atoms with van der Waals surface area (Å²) >= 11 is 3.36. The SMILES string of the molecule is CCC(C)(O)CNCc1cc(F)ccc1Br. The molecule has 90 valence electrons. The lowest BCUT2D eigenvalue weighted by molar-refractivity contribution is 0.0555. The van der Waals surface area contributed by atoms with Crippen molar-refractivity contribution in [3.05, 3.63) is 34.1 Å². The van der Waals surface area contributed by atoms with Crippen LogP contribution in [0.5, 0.6) is 0 Å². The van der Waals surface area contributed by atoms with E-state index in [4.69, 9.17) is 0 Å². The molecule has 1 aromatic rings. The Balaban J connectivity index is 2.52. The van der Waals surface area contributed by atoms with Gasteiger partial charge in [-0.25, -0.2) is 4.39 Å².